The van der Waals surface area contributed by atoms with E-state index in [1.54, 1.807) is 48.5 Å². The Hall–Kier alpha value is -4.36. The maximum absolute atomic E-state index is 14.4. The van der Waals surface area contributed by atoms with Crippen molar-refractivity contribution in [1.82, 2.24) is 5.32 Å². The van der Waals surface area contributed by atoms with Gasteiger partial charge in [-0.1, -0.05) is 48.6 Å². The topological polar surface area (TPSA) is 157 Å². The molecule has 1 fully saturated rings. The second-order valence-electron chi connectivity index (χ2n) is 10.8. The number of hydrogen-bond acceptors (Lipinski definition) is 9. The van der Waals surface area contributed by atoms with Crippen molar-refractivity contribution >= 4 is 11.9 Å². The first kappa shape index (κ1) is 35.1. The van der Waals surface area contributed by atoms with E-state index in [9.17, 15) is 38.7 Å². The fourth-order valence-electron chi connectivity index (χ4n) is 4.86. The van der Waals surface area contributed by atoms with Crippen LogP contribution in [0.3, 0.4) is 0 Å². The molecule has 45 heavy (non-hydrogen) atoms. The van der Waals surface area contributed by atoms with Crippen molar-refractivity contribution in [3.05, 3.63) is 94.6 Å². The van der Waals surface area contributed by atoms with Crippen LogP contribution in [-0.4, -0.2) is 58.0 Å². The number of unbranched alkanes of at least 4 members (excludes halogenated alkanes) is 1. The van der Waals surface area contributed by atoms with E-state index in [-0.39, 0.29) is 31.1 Å². The Morgan fingerprint density at radius 2 is 1.84 bits per heavy atom. The Labute approximate surface area is 259 Å². The van der Waals surface area contributed by atoms with Crippen LogP contribution >= 0.6 is 0 Å². The third-order valence-electron chi connectivity index (χ3n) is 7.19. The first-order valence-corrected chi connectivity index (χ1v) is 14.6. The van der Waals surface area contributed by atoms with E-state index in [2.05, 4.69) is 10.2 Å². The zero-order chi connectivity index (χ0) is 32.8. The second kappa shape index (κ2) is 17.2. The van der Waals surface area contributed by atoms with Gasteiger partial charge in [0.1, 0.15) is 24.1 Å². The zero-order valence-corrected chi connectivity index (χ0v) is 24.8. The van der Waals surface area contributed by atoms with E-state index in [0.29, 0.717) is 30.6 Å². The van der Waals surface area contributed by atoms with Gasteiger partial charge in [-0.2, -0.15) is 8.78 Å². The number of benzene rings is 2. The molecule has 0 bridgehead atoms. The highest BCUT2D eigenvalue weighted by molar-refractivity contribution is 5.85. The summed E-state index contributed by atoms with van der Waals surface area (Å²) in [6, 6.07) is 13.4. The monoisotopic (exact) mass is 632 g/mol. The highest BCUT2D eigenvalue weighted by Crippen LogP contribution is 2.37. The SMILES string of the molecule is CC(NC(=O)CCC/C=C\C[C@@H]1[C@@H](/C=C/C(F)(F)COc2ccccc2)[C@H](O)C[C@@H]1O)C(=O)Oc1cccc(CO[N+](=O)[O-])c1. The number of amides is 1. The molecule has 2 aromatic carbocycles. The van der Waals surface area contributed by atoms with Gasteiger partial charge in [-0.25, -0.2) is 4.79 Å². The molecule has 0 saturated heterocycles. The third-order valence-corrected chi connectivity index (χ3v) is 7.19. The van der Waals surface area contributed by atoms with Crippen molar-refractivity contribution in [2.75, 3.05) is 6.61 Å². The summed E-state index contributed by atoms with van der Waals surface area (Å²) in [7, 11) is 0. The highest BCUT2D eigenvalue weighted by atomic mass is 19.3. The third kappa shape index (κ3) is 12.3. The molecular weight excluding hydrogens is 594 g/mol. The van der Waals surface area contributed by atoms with Gasteiger partial charge in [-0.15, -0.1) is 10.1 Å². The van der Waals surface area contributed by atoms with Crippen LogP contribution in [0.15, 0.2) is 78.9 Å². The van der Waals surface area contributed by atoms with Crippen molar-refractivity contribution in [2.24, 2.45) is 11.8 Å². The minimum absolute atomic E-state index is 0.0852. The summed E-state index contributed by atoms with van der Waals surface area (Å²) in [5.74, 6) is -4.97. The lowest BCUT2D eigenvalue weighted by Crippen LogP contribution is -2.40. The number of aliphatic hydroxyl groups is 2. The van der Waals surface area contributed by atoms with E-state index in [1.807, 2.05) is 6.08 Å². The summed E-state index contributed by atoms with van der Waals surface area (Å²) in [4.78, 5) is 39.3. The molecule has 3 N–H and O–H groups in total. The van der Waals surface area contributed by atoms with Crippen molar-refractivity contribution in [3.8, 4) is 11.5 Å². The number of carbonyl (C=O) groups is 2. The predicted molar refractivity (Wildman–Crippen MR) is 159 cm³/mol. The van der Waals surface area contributed by atoms with Gasteiger partial charge in [-0.05, 0) is 68.0 Å². The lowest BCUT2D eigenvalue weighted by molar-refractivity contribution is -0.763. The Morgan fingerprint density at radius 1 is 1.11 bits per heavy atom. The molecule has 1 saturated carbocycles. The van der Waals surface area contributed by atoms with E-state index < -0.39 is 53.7 Å². The first-order chi connectivity index (χ1) is 21.4. The molecular formula is C32H38F2N2O9. The summed E-state index contributed by atoms with van der Waals surface area (Å²) >= 11 is 0. The first-order valence-electron chi connectivity index (χ1n) is 14.6. The average Bonchev–Trinajstić information content (AvgIpc) is 3.27. The largest absolute Gasteiger partial charge is 0.487 e. The van der Waals surface area contributed by atoms with Crippen LogP contribution in [0.5, 0.6) is 11.5 Å². The summed E-state index contributed by atoms with van der Waals surface area (Å²) in [6.07, 6.45) is 5.35. The number of rotatable bonds is 17. The molecule has 1 amide bonds. The second-order valence-corrected chi connectivity index (χ2v) is 10.8. The van der Waals surface area contributed by atoms with Gasteiger partial charge in [0, 0.05) is 18.8 Å². The summed E-state index contributed by atoms with van der Waals surface area (Å²) < 4.78 is 39.2. The van der Waals surface area contributed by atoms with E-state index in [0.717, 1.165) is 6.08 Å². The van der Waals surface area contributed by atoms with Gasteiger partial charge in [0.25, 0.3) is 11.0 Å². The molecule has 0 aromatic heterocycles. The number of nitrogens with one attached hydrogen (secondary N) is 1. The van der Waals surface area contributed by atoms with Crippen LogP contribution in [0.1, 0.15) is 44.6 Å². The highest BCUT2D eigenvalue weighted by Gasteiger charge is 2.40. The van der Waals surface area contributed by atoms with Gasteiger partial charge in [0.05, 0.1) is 12.2 Å². The minimum Gasteiger partial charge on any atom is -0.487 e. The number of alkyl halides is 2. The van der Waals surface area contributed by atoms with E-state index >= 15 is 0 Å². The lowest BCUT2D eigenvalue weighted by atomic mass is 9.89. The van der Waals surface area contributed by atoms with Crippen molar-refractivity contribution in [1.29, 1.82) is 0 Å². The molecule has 1 unspecified atom stereocenters. The van der Waals surface area contributed by atoms with Gasteiger partial charge in [0.2, 0.25) is 5.91 Å². The van der Waals surface area contributed by atoms with E-state index in [4.69, 9.17) is 9.47 Å². The van der Waals surface area contributed by atoms with Crippen LogP contribution < -0.4 is 14.8 Å². The van der Waals surface area contributed by atoms with Crippen LogP contribution in [-0.2, 0) is 21.0 Å². The number of ether oxygens (including phenoxy) is 2. The molecule has 0 aliphatic heterocycles. The number of esters is 1. The molecule has 0 heterocycles. The molecule has 1 aliphatic carbocycles. The molecule has 1 aliphatic rings. The number of allylic oxidation sites excluding steroid dienone is 2. The normalized spacial score (nSPS) is 20.6. The maximum atomic E-state index is 14.4. The predicted octanol–water partition coefficient (Wildman–Crippen LogP) is 4.55. The van der Waals surface area contributed by atoms with Gasteiger partial charge < -0.3 is 29.8 Å². The van der Waals surface area contributed by atoms with Crippen molar-refractivity contribution < 1.29 is 48.0 Å². The molecule has 0 radical (unpaired) electrons. The Bertz CT molecular complexity index is 1320. The van der Waals surface area contributed by atoms with Gasteiger partial charge >= 0.3 is 5.97 Å². The zero-order valence-electron chi connectivity index (χ0n) is 24.8. The molecule has 0 spiro atoms. The Kier molecular flexibility index (Phi) is 13.4. The number of halogens is 2. The molecule has 5 atom stereocenters. The molecule has 244 valence electrons. The Balaban J connectivity index is 1.38. The van der Waals surface area contributed by atoms with Crippen LogP contribution in [0, 0.1) is 22.0 Å². The van der Waals surface area contributed by atoms with Crippen molar-refractivity contribution in [3.63, 3.8) is 0 Å². The standard InChI is InChI=1S/C32H38F2N2O9/c1-22(31(40)45-25-13-9-10-23(18-25)20-44-36(41)42)35-30(39)15-8-3-2-7-14-26-27(29(38)19-28(26)37)16-17-32(33,34)21-43-24-11-5-4-6-12-24/h2,4-7,9-13,16-18,22,26-29,37-38H,3,8,14-15,19-21H2,1H3,(H,35,39)/b7-2-,17-16+/t22?,26-,27-,28+,29-/m1/s1. The Morgan fingerprint density at radius 3 is 2.58 bits per heavy atom. The van der Waals surface area contributed by atoms with Gasteiger partial charge in [-0.3, -0.25) is 4.79 Å². The molecule has 3 rings (SSSR count). The number of hydrogen-bond donors (Lipinski definition) is 3. The van der Waals surface area contributed by atoms with Crippen molar-refractivity contribution in [2.45, 2.75) is 69.8 Å². The molecule has 2 aromatic rings. The molecule has 13 heteroatoms. The van der Waals surface area contributed by atoms with Gasteiger partial charge in [0.15, 0.2) is 6.61 Å². The maximum Gasteiger partial charge on any atom is 0.333 e. The fourth-order valence-corrected chi connectivity index (χ4v) is 4.86. The smallest absolute Gasteiger partial charge is 0.333 e. The number of carbonyl (C=O) groups excluding carboxylic acids is 2. The summed E-state index contributed by atoms with van der Waals surface area (Å²) in [5, 5.41) is 32.8. The average molecular weight is 633 g/mol. The molecule has 11 nitrogen and oxygen atoms in total. The minimum atomic E-state index is -3.26. The number of para-hydroxylation sites is 1. The number of aliphatic hydroxyl groups excluding tert-OH is 2. The quantitative estimate of drug-likeness (QED) is 0.0568. The fraction of sp³-hybridized carbons (Fsp3) is 0.438. The van der Waals surface area contributed by atoms with Crippen LogP contribution in [0.4, 0.5) is 8.78 Å². The van der Waals surface area contributed by atoms with Crippen LogP contribution in [0.25, 0.3) is 0 Å². The summed E-state index contributed by atoms with van der Waals surface area (Å²) in [6.45, 7) is 0.316. The lowest BCUT2D eigenvalue weighted by Gasteiger charge is -2.20. The summed E-state index contributed by atoms with van der Waals surface area (Å²) in [5.41, 5.74) is 0.429. The number of nitrogens with zero attached hydrogens (tertiary/aromatic N) is 1. The van der Waals surface area contributed by atoms with Crippen LogP contribution in [0.2, 0.25) is 0 Å². The van der Waals surface area contributed by atoms with E-state index in [1.165, 1.54) is 25.1 Å².